The Morgan fingerprint density at radius 1 is 1.11 bits per heavy atom. The molecule has 0 bridgehead atoms. The Balaban J connectivity index is 1.60. The first kappa shape index (κ1) is 20.0. The van der Waals surface area contributed by atoms with Crippen molar-refractivity contribution < 1.29 is 9.53 Å². The molecular weight excluding hydrogens is 340 g/mol. The zero-order valence-electron chi connectivity index (χ0n) is 16.7. The third kappa shape index (κ3) is 5.84. The minimum atomic E-state index is -0.0328. The standard InChI is InChI=1S/C21H34N4O2/c1-24-12-14-25(15-13-24)20(17-8-10-19(27-2)11-9-17)16-22-21(26)23-18-6-4-3-5-7-18/h8-11,18,20H,3-7,12-16H2,1-2H3,(H2,22,23,26). The molecule has 1 atom stereocenters. The van der Waals surface area contributed by atoms with Crippen LogP contribution in [0.4, 0.5) is 4.79 Å². The third-order valence-corrected chi connectivity index (χ3v) is 5.88. The van der Waals surface area contributed by atoms with Crippen LogP contribution in [0.3, 0.4) is 0 Å². The topological polar surface area (TPSA) is 56.8 Å². The van der Waals surface area contributed by atoms with E-state index in [2.05, 4.69) is 39.6 Å². The Kier molecular flexibility index (Phi) is 7.35. The zero-order valence-corrected chi connectivity index (χ0v) is 16.7. The zero-order chi connectivity index (χ0) is 19.1. The van der Waals surface area contributed by atoms with Crippen LogP contribution in [0.15, 0.2) is 24.3 Å². The highest BCUT2D eigenvalue weighted by Gasteiger charge is 2.25. The molecule has 0 spiro atoms. The Labute approximate surface area is 163 Å². The van der Waals surface area contributed by atoms with E-state index in [0.29, 0.717) is 12.6 Å². The van der Waals surface area contributed by atoms with Crippen LogP contribution in [0.5, 0.6) is 5.75 Å². The van der Waals surface area contributed by atoms with E-state index in [9.17, 15) is 4.79 Å². The number of piperazine rings is 1. The van der Waals surface area contributed by atoms with Crippen molar-refractivity contribution in [1.29, 1.82) is 0 Å². The number of carbonyl (C=O) groups is 1. The largest absolute Gasteiger partial charge is 0.497 e. The summed E-state index contributed by atoms with van der Waals surface area (Å²) in [6, 6.07) is 8.71. The van der Waals surface area contributed by atoms with Crippen LogP contribution >= 0.6 is 0 Å². The van der Waals surface area contributed by atoms with Gasteiger partial charge in [0.2, 0.25) is 0 Å². The second-order valence-electron chi connectivity index (χ2n) is 7.82. The molecule has 1 aliphatic carbocycles. The molecule has 0 radical (unpaired) electrons. The number of ether oxygens (including phenoxy) is 1. The molecule has 150 valence electrons. The van der Waals surface area contributed by atoms with Crippen molar-refractivity contribution in [3.05, 3.63) is 29.8 Å². The molecule has 1 saturated heterocycles. The van der Waals surface area contributed by atoms with Gasteiger partial charge in [-0.3, -0.25) is 4.90 Å². The second kappa shape index (κ2) is 9.95. The summed E-state index contributed by atoms with van der Waals surface area (Å²) in [5, 5.41) is 6.29. The maximum Gasteiger partial charge on any atom is 0.315 e. The van der Waals surface area contributed by atoms with Gasteiger partial charge in [0, 0.05) is 38.8 Å². The van der Waals surface area contributed by atoms with Gasteiger partial charge in [0.05, 0.1) is 13.2 Å². The number of amides is 2. The fraction of sp³-hybridized carbons (Fsp3) is 0.667. The molecule has 2 fully saturated rings. The highest BCUT2D eigenvalue weighted by Crippen LogP contribution is 2.24. The lowest BCUT2D eigenvalue weighted by Gasteiger charge is -2.38. The van der Waals surface area contributed by atoms with Gasteiger partial charge in [-0.25, -0.2) is 4.79 Å². The van der Waals surface area contributed by atoms with E-state index in [1.807, 2.05) is 12.1 Å². The summed E-state index contributed by atoms with van der Waals surface area (Å²) in [6.07, 6.45) is 5.95. The number of carbonyl (C=O) groups excluding carboxylic acids is 1. The molecule has 1 aliphatic heterocycles. The molecule has 3 rings (SSSR count). The van der Waals surface area contributed by atoms with E-state index in [-0.39, 0.29) is 12.1 Å². The highest BCUT2D eigenvalue weighted by molar-refractivity contribution is 5.74. The van der Waals surface area contributed by atoms with Crippen molar-refractivity contribution in [3.63, 3.8) is 0 Å². The van der Waals surface area contributed by atoms with E-state index in [1.165, 1.54) is 24.8 Å². The summed E-state index contributed by atoms with van der Waals surface area (Å²) in [7, 11) is 3.85. The number of hydrogen-bond donors (Lipinski definition) is 2. The molecule has 0 aromatic heterocycles. The summed E-state index contributed by atoms with van der Waals surface area (Å²) >= 11 is 0. The Hall–Kier alpha value is -1.79. The van der Waals surface area contributed by atoms with Crippen molar-refractivity contribution in [2.45, 2.75) is 44.2 Å². The SMILES string of the molecule is COc1ccc(C(CNC(=O)NC2CCCCC2)N2CCN(C)CC2)cc1. The molecular formula is C21H34N4O2. The average Bonchev–Trinajstić information content (AvgIpc) is 2.70. The third-order valence-electron chi connectivity index (χ3n) is 5.88. The second-order valence-corrected chi connectivity index (χ2v) is 7.82. The normalized spacial score (nSPS) is 20.8. The van der Waals surface area contributed by atoms with Gasteiger partial charge in [-0.2, -0.15) is 0 Å². The number of nitrogens with one attached hydrogen (secondary N) is 2. The van der Waals surface area contributed by atoms with Crippen molar-refractivity contribution in [2.24, 2.45) is 0 Å². The van der Waals surface area contributed by atoms with Gasteiger partial charge in [0.1, 0.15) is 5.75 Å². The van der Waals surface area contributed by atoms with E-state index in [4.69, 9.17) is 4.74 Å². The molecule has 6 nitrogen and oxygen atoms in total. The quantitative estimate of drug-likeness (QED) is 0.804. The molecule has 2 aliphatic rings. The molecule has 27 heavy (non-hydrogen) atoms. The maximum absolute atomic E-state index is 12.4. The number of rotatable bonds is 6. The smallest absolute Gasteiger partial charge is 0.315 e. The maximum atomic E-state index is 12.4. The lowest BCUT2D eigenvalue weighted by Crippen LogP contribution is -2.50. The monoisotopic (exact) mass is 374 g/mol. The molecule has 2 amide bonds. The minimum absolute atomic E-state index is 0.0328. The number of benzene rings is 1. The number of methoxy groups -OCH3 is 1. The average molecular weight is 375 g/mol. The number of nitrogens with zero attached hydrogens (tertiary/aromatic N) is 2. The van der Waals surface area contributed by atoms with Crippen LogP contribution in [0.25, 0.3) is 0 Å². The molecule has 1 aromatic rings. The van der Waals surface area contributed by atoms with Crippen LogP contribution in [0.1, 0.15) is 43.7 Å². The van der Waals surface area contributed by atoms with Crippen LogP contribution < -0.4 is 15.4 Å². The first-order chi connectivity index (χ1) is 13.2. The van der Waals surface area contributed by atoms with Crippen molar-refractivity contribution >= 4 is 6.03 Å². The summed E-state index contributed by atoms with van der Waals surface area (Å²) in [5.41, 5.74) is 1.22. The van der Waals surface area contributed by atoms with Crippen molar-refractivity contribution in [1.82, 2.24) is 20.4 Å². The summed E-state index contributed by atoms with van der Waals surface area (Å²) in [6.45, 7) is 4.76. The van der Waals surface area contributed by atoms with Gasteiger partial charge in [0.15, 0.2) is 0 Å². The highest BCUT2D eigenvalue weighted by atomic mass is 16.5. The number of hydrogen-bond acceptors (Lipinski definition) is 4. The fourth-order valence-corrected chi connectivity index (χ4v) is 4.09. The first-order valence-electron chi connectivity index (χ1n) is 10.3. The molecule has 2 N–H and O–H groups in total. The number of urea groups is 1. The van der Waals surface area contributed by atoms with E-state index in [1.54, 1.807) is 7.11 Å². The minimum Gasteiger partial charge on any atom is -0.497 e. The summed E-state index contributed by atoms with van der Waals surface area (Å²) in [5.74, 6) is 0.860. The van der Waals surface area contributed by atoms with Crippen LogP contribution in [-0.4, -0.2) is 68.8 Å². The number of likely N-dealkylation sites (N-methyl/N-ethyl adjacent to an activating group) is 1. The van der Waals surface area contributed by atoms with Crippen LogP contribution in [0, 0.1) is 0 Å². The van der Waals surface area contributed by atoms with Gasteiger partial charge in [-0.1, -0.05) is 31.4 Å². The van der Waals surface area contributed by atoms with Gasteiger partial charge in [-0.15, -0.1) is 0 Å². The van der Waals surface area contributed by atoms with Crippen LogP contribution in [-0.2, 0) is 0 Å². The summed E-state index contributed by atoms with van der Waals surface area (Å²) < 4.78 is 5.29. The molecule has 6 heteroatoms. The Morgan fingerprint density at radius 2 is 1.78 bits per heavy atom. The van der Waals surface area contributed by atoms with E-state index in [0.717, 1.165) is 44.8 Å². The lowest BCUT2D eigenvalue weighted by atomic mass is 9.96. The Bertz CT molecular complexity index is 578. The predicted octanol–water partition coefficient (Wildman–Crippen LogP) is 2.62. The molecule has 1 unspecified atom stereocenters. The van der Waals surface area contributed by atoms with E-state index < -0.39 is 0 Å². The molecule has 1 aromatic carbocycles. The lowest BCUT2D eigenvalue weighted by molar-refractivity contribution is 0.111. The summed E-state index contributed by atoms with van der Waals surface area (Å²) in [4.78, 5) is 17.2. The predicted molar refractivity (Wildman–Crippen MR) is 108 cm³/mol. The molecule has 1 heterocycles. The van der Waals surface area contributed by atoms with Crippen molar-refractivity contribution in [2.75, 3.05) is 46.9 Å². The van der Waals surface area contributed by atoms with E-state index >= 15 is 0 Å². The van der Waals surface area contributed by atoms with Gasteiger partial charge in [0.25, 0.3) is 0 Å². The van der Waals surface area contributed by atoms with Gasteiger partial charge in [-0.05, 0) is 37.6 Å². The van der Waals surface area contributed by atoms with Gasteiger partial charge >= 0.3 is 6.03 Å². The van der Waals surface area contributed by atoms with Crippen molar-refractivity contribution in [3.8, 4) is 5.75 Å². The first-order valence-corrected chi connectivity index (χ1v) is 10.3. The Morgan fingerprint density at radius 3 is 2.41 bits per heavy atom. The fourth-order valence-electron chi connectivity index (χ4n) is 4.09. The van der Waals surface area contributed by atoms with Gasteiger partial charge < -0.3 is 20.3 Å². The molecule has 1 saturated carbocycles. The van der Waals surface area contributed by atoms with Crippen LogP contribution in [0.2, 0.25) is 0 Å².